The maximum atomic E-state index is 12.3. The molecule has 1 amide bonds. The molecule has 0 unspecified atom stereocenters. The fourth-order valence-corrected chi connectivity index (χ4v) is 4.27. The second-order valence-electron chi connectivity index (χ2n) is 6.37. The highest BCUT2D eigenvalue weighted by Crippen LogP contribution is 2.32. The van der Waals surface area contributed by atoms with E-state index in [2.05, 4.69) is 4.90 Å². The number of carbonyl (C=O) groups is 1. The summed E-state index contributed by atoms with van der Waals surface area (Å²) in [5, 5.41) is 0. The molecular formula is C14H27N3O4S. The number of hydrogen-bond acceptors (Lipinski definition) is 5. The van der Waals surface area contributed by atoms with Crippen molar-refractivity contribution >= 4 is 15.9 Å². The smallest absolute Gasteiger partial charge is 0.222 e. The van der Waals surface area contributed by atoms with Gasteiger partial charge in [-0.1, -0.05) is 0 Å². The Balaban J connectivity index is 2.13. The van der Waals surface area contributed by atoms with Crippen LogP contribution in [0, 0.1) is 0 Å². The highest BCUT2D eigenvalue weighted by molar-refractivity contribution is 7.88. The molecule has 8 heteroatoms. The topological polar surface area (TPSA) is 70.2 Å². The van der Waals surface area contributed by atoms with Gasteiger partial charge >= 0.3 is 0 Å². The second kappa shape index (κ2) is 6.82. The van der Waals surface area contributed by atoms with Crippen LogP contribution in [0.1, 0.15) is 19.3 Å². The Morgan fingerprint density at radius 2 is 1.95 bits per heavy atom. The van der Waals surface area contributed by atoms with Crippen molar-refractivity contribution in [2.45, 2.75) is 24.8 Å². The number of hydrogen-bond donors (Lipinski definition) is 0. The maximum Gasteiger partial charge on any atom is 0.222 e. The normalized spacial score (nSPS) is 29.0. The lowest BCUT2D eigenvalue weighted by atomic mass is 9.87. The third kappa shape index (κ3) is 3.79. The number of likely N-dealkylation sites (tertiary alicyclic amines) is 1. The van der Waals surface area contributed by atoms with Crippen LogP contribution >= 0.6 is 0 Å². The van der Waals surface area contributed by atoms with E-state index in [4.69, 9.17) is 4.74 Å². The number of methoxy groups -OCH3 is 1. The fraction of sp³-hybridized carbons (Fsp3) is 0.929. The van der Waals surface area contributed by atoms with E-state index in [1.807, 2.05) is 11.9 Å². The van der Waals surface area contributed by atoms with E-state index in [0.29, 0.717) is 52.2 Å². The zero-order valence-corrected chi connectivity index (χ0v) is 14.6. The summed E-state index contributed by atoms with van der Waals surface area (Å²) in [6, 6.07) is 0. The average Bonchev–Trinajstić information content (AvgIpc) is 2.60. The Morgan fingerprint density at radius 1 is 1.23 bits per heavy atom. The summed E-state index contributed by atoms with van der Waals surface area (Å²) in [4.78, 5) is 16.3. The van der Waals surface area contributed by atoms with Crippen LogP contribution in [0.2, 0.25) is 0 Å². The molecule has 0 aromatic heterocycles. The molecule has 0 aromatic rings. The first-order valence-electron chi connectivity index (χ1n) is 7.71. The number of ether oxygens (including phenoxy) is 1. The first kappa shape index (κ1) is 17.7. The number of piperazine rings is 1. The Bertz CT molecular complexity index is 510. The summed E-state index contributed by atoms with van der Waals surface area (Å²) in [6.45, 7) is 3.50. The van der Waals surface area contributed by atoms with Crippen molar-refractivity contribution in [2.24, 2.45) is 0 Å². The molecule has 128 valence electrons. The number of likely N-dealkylation sites (N-methyl/N-ethyl adjacent to an activating group) is 1. The highest BCUT2D eigenvalue weighted by atomic mass is 32.2. The molecule has 0 aliphatic carbocycles. The molecule has 0 saturated carbocycles. The van der Waals surface area contributed by atoms with Crippen molar-refractivity contribution in [1.82, 2.24) is 14.1 Å². The van der Waals surface area contributed by atoms with Crippen LogP contribution in [0.25, 0.3) is 0 Å². The number of nitrogens with zero attached hydrogens (tertiary/aromatic N) is 3. The van der Waals surface area contributed by atoms with Crippen molar-refractivity contribution in [3.8, 4) is 0 Å². The molecule has 2 aliphatic rings. The summed E-state index contributed by atoms with van der Waals surface area (Å²) in [5.74, 6) is 0.138. The first-order valence-corrected chi connectivity index (χ1v) is 9.56. The van der Waals surface area contributed by atoms with Crippen LogP contribution in [0.15, 0.2) is 0 Å². The van der Waals surface area contributed by atoms with E-state index in [-0.39, 0.29) is 11.4 Å². The van der Waals surface area contributed by atoms with Gasteiger partial charge in [-0.05, 0) is 19.9 Å². The molecule has 7 nitrogen and oxygen atoms in total. The van der Waals surface area contributed by atoms with Gasteiger partial charge in [0.1, 0.15) is 0 Å². The van der Waals surface area contributed by atoms with E-state index < -0.39 is 10.0 Å². The lowest BCUT2D eigenvalue weighted by molar-refractivity contribution is -0.131. The minimum Gasteiger partial charge on any atom is -0.383 e. The third-order valence-corrected chi connectivity index (χ3v) is 6.25. The third-order valence-electron chi connectivity index (χ3n) is 5.00. The predicted octanol–water partition coefficient (Wildman–Crippen LogP) is -0.409. The van der Waals surface area contributed by atoms with Crippen LogP contribution < -0.4 is 0 Å². The van der Waals surface area contributed by atoms with E-state index in [1.54, 1.807) is 11.4 Å². The van der Waals surface area contributed by atoms with Gasteiger partial charge < -0.3 is 9.64 Å². The summed E-state index contributed by atoms with van der Waals surface area (Å²) in [6.07, 6.45) is 3.23. The number of sulfonamides is 1. The predicted molar refractivity (Wildman–Crippen MR) is 84.1 cm³/mol. The fourth-order valence-electron chi connectivity index (χ4n) is 3.38. The van der Waals surface area contributed by atoms with Gasteiger partial charge in [-0.2, -0.15) is 4.31 Å². The molecule has 0 aromatic carbocycles. The molecule has 22 heavy (non-hydrogen) atoms. The summed E-state index contributed by atoms with van der Waals surface area (Å²) >= 11 is 0. The first-order chi connectivity index (χ1) is 10.3. The van der Waals surface area contributed by atoms with Crippen molar-refractivity contribution < 1.29 is 17.9 Å². The molecule has 2 aliphatic heterocycles. The molecule has 2 heterocycles. The van der Waals surface area contributed by atoms with Crippen LogP contribution in [0.5, 0.6) is 0 Å². The van der Waals surface area contributed by atoms with Gasteiger partial charge in [0.05, 0.1) is 12.9 Å². The van der Waals surface area contributed by atoms with Gasteiger partial charge in [-0.25, -0.2) is 8.42 Å². The second-order valence-corrected chi connectivity index (χ2v) is 8.35. The lowest BCUT2D eigenvalue weighted by Gasteiger charge is -2.48. The van der Waals surface area contributed by atoms with Crippen LogP contribution in [-0.2, 0) is 19.6 Å². The quantitative estimate of drug-likeness (QED) is 0.700. The SMILES string of the molecule is COCCN1CC[C@@]2(CCC1=O)CN(S(C)(=O)=O)CCN2C. The Kier molecular flexibility index (Phi) is 5.47. The Hall–Kier alpha value is -0.700. The number of carbonyl (C=O) groups excluding carboxylic acids is 1. The van der Waals surface area contributed by atoms with Crippen molar-refractivity contribution in [2.75, 3.05) is 59.7 Å². The van der Waals surface area contributed by atoms with Gasteiger partial charge in [-0.15, -0.1) is 0 Å². The minimum atomic E-state index is -3.19. The molecule has 0 radical (unpaired) electrons. The van der Waals surface area contributed by atoms with E-state index in [0.717, 1.165) is 6.42 Å². The maximum absolute atomic E-state index is 12.3. The lowest BCUT2D eigenvalue weighted by Crippen LogP contribution is -2.62. The van der Waals surface area contributed by atoms with Crippen LogP contribution in [-0.4, -0.2) is 93.7 Å². The standard InChI is InChI=1S/C14H27N3O4S/c1-15-8-9-17(22(3,19)20)12-14(15)5-4-13(18)16(7-6-14)10-11-21-2/h4-12H2,1-3H3/t14-/m0/s1. The van der Waals surface area contributed by atoms with E-state index >= 15 is 0 Å². The van der Waals surface area contributed by atoms with Crippen LogP contribution in [0.3, 0.4) is 0 Å². The number of amides is 1. The van der Waals surface area contributed by atoms with Gasteiger partial charge in [0.15, 0.2) is 0 Å². The zero-order valence-electron chi connectivity index (χ0n) is 13.7. The molecule has 2 fully saturated rings. The summed E-state index contributed by atoms with van der Waals surface area (Å²) < 4.78 is 30.4. The van der Waals surface area contributed by atoms with E-state index in [1.165, 1.54) is 6.26 Å². The van der Waals surface area contributed by atoms with Gasteiger partial charge in [0.25, 0.3) is 0 Å². The minimum absolute atomic E-state index is 0.138. The molecule has 1 spiro atoms. The van der Waals surface area contributed by atoms with Gasteiger partial charge in [-0.3, -0.25) is 9.69 Å². The Labute approximate surface area is 133 Å². The molecule has 1 atom stereocenters. The van der Waals surface area contributed by atoms with Gasteiger partial charge in [0, 0.05) is 51.8 Å². The summed E-state index contributed by atoms with van der Waals surface area (Å²) in [5.41, 5.74) is -0.237. The van der Waals surface area contributed by atoms with Gasteiger partial charge in [0.2, 0.25) is 15.9 Å². The van der Waals surface area contributed by atoms with E-state index in [9.17, 15) is 13.2 Å². The molecule has 0 N–H and O–H groups in total. The molecule has 2 rings (SSSR count). The molecule has 2 saturated heterocycles. The highest BCUT2D eigenvalue weighted by Gasteiger charge is 2.44. The van der Waals surface area contributed by atoms with Crippen LogP contribution in [0.4, 0.5) is 0 Å². The monoisotopic (exact) mass is 333 g/mol. The Morgan fingerprint density at radius 3 is 2.59 bits per heavy atom. The average molecular weight is 333 g/mol. The summed E-state index contributed by atoms with van der Waals surface area (Å²) in [7, 11) is 0.475. The zero-order chi connectivity index (χ0) is 16.4. The van der Waals surface area contributed by atoms with Crippen molar-refractivity contribution in [1.29, 1.82) is 0 Å². The molecular weight excluding hydrogens is 306 g/mol. The number of rotatable bonds is 4. The largest absolute Gasteiger partial charge is 0.383 e. The van der Waals surface area contributed by atoms with Crippen molar-refractivity contribution in [3.05, 3.63) is 0 Å². The molecule has 0 bridgehead atoms. The van der Waals surface area contributed by atoms with Crippen molar-refractivity contribution in [3.63, 3.8) is 0 Å².